The van der Waals surface area contributed by atoms with Crippen molar-refractivity contribution in [3.05, 3.63) is 47.0 Å². The minimum atomic E-state index is -3.84. The molecule has 0 unspecified atom stereocenters. The summed E-state index contributed by atoms with van der Waals surface area (Å²) < 4.78 is 33.1. The topological polar surface area (TPSA) is 89.0 Å². The van der Waals surface area contributed by atoms with Crippen molar-refractivity contribution in [3.63, 3.8) is 0 Å². The van der Waals surface area contributed by atoms with Gasteiger partial charge in [-0.05, 0) is 36.8 Å². The van der Waals surface area contributed by atoms with Crippen molar-refractivity contribution in [3.8, 4) is 0 Å². The van der Waals surface area contributed by atoms with E-state index in [1.165, 1.54) is 6.07 Å². The monoisotopic (exact) mass is 381 g/mol. The van der Waals surface area contributed by atoms with Crippen LogP contribution in [0.2, 0.25) is 5.02 Å². The van der Waals surface area contributed by atoms with Crippen LogP contribution in [0.3, 0.4) is 0 Å². The maximum absolute atomic E-state index is 12.5. The first-order valence-corrected chi connectivity index (χ1v) is 9.63. The number of fused-ring (bicyclic) bond motifs is 1. The van der Waals surface area contributed by atoms with Crippen LogP contribution < -0.4 is 5.32 Å². The molecule has 0 spiro atoms. The molecule has 1 aromatic heterocycles. The number of carbonyl (C=O) groups is 1. The number of carbonyl (C=O) groups excluding carboxylic acids is 1. The van der Waals surface area contributed by atoms with Gasteiger partial charge in [-0.25, -0.2) is 8.42 Å². The van der Waals surface area contributed by atoms with Crippen molar-refractivity contribution >= 4 is 55.8 Å². The number of anilines is 1. The standard InChI is InChI=1S/C15H12ClN3O3S2/c1-9-10(16)4-2-5-11(9)17-14(20)8-24(21,22)13-7-3-6-12-15(13)19-23-18-12/h2-7H,8H2,1H3,(H,17,20). The molecule has 0 aliphatic rings. The van der Waals surface area contributed by atoms with Gasteiger partial charge >= 0.3 is 0 Å². The zero-order chi connectivity index (χ0) is 17.3. The van der Waals surface area contributed by atoms with E-state index in [2.05, 4.69) is 14.1 Å². The summed E-state index contributed by atoms with van der Waals surface area (Å²) in [5.74, 6) is -1.32. The zero-order valence-electron chi connectivity index (χ0n) is 12.5. The van der Waals surface area contributed by atoms with Gasteiger partial charge in [0.1, 0.15) is 16.8 Å². The summed E-state index contributed by atoms with van der Waals surface area (Å²) in [5.41, 5.74) is 1.94. The molecule has 0 fully saturated rings. The number of nitrogens with one attached hydrogen (secondary N) is 1. The van der Waals surface area contributed by atoms with Crippen LogP contribution in [-0.2, 0) is 14.6 Å². The van der Waals surface area contributed by atoms with Crippen molar-refractivity contribution in [2.75, 3.05) is 11.1 Å². The molecule has 0 bridgehead atoms. The van der Waals surface area contributed by atoms with Crippen molar-refractivity contribution in [1.29, 1.82) is 0 Å². The van der Waals surface area contributed by atoms with Gasteiger partial charge in [0.25, 0.3) is 0 Å². The summed E-state index contributed by atoms with van der Waals surface area (Å²) in [6.45, 7) is 1.74. The molecule has 0 saturated heterocycles. The van der Waals surface area contributed by atoms with E-state index in [-0.39, 0.29) is 10.4 Å². The summed E-state index contributed by atoms with van der Waals surface area (Å²) in [4.78, 5) is 12.2. The lowest BCUT2D eigenvalue weighted by Gasteiger charge is -2.10. The molecule has 0 saturated carbocycles. The van der Waals surface area contributed by atoms with E-state index in [0.29, 0.717) is 21.8 Å². The van der Waals surface area contributed by atoms with Crippen molar-refractivity contribution in [1.82, 2.24) is 8.75 Å². The van der Waals surface area contributed by atoms with Crippen LogP contribution in [0.1, 0.15) is 5.56 Å². The van der Waals surface area contributed by atoms with Crippen LogP contribution in [0.25, 0.3) is 11.0 Å². The lowest BCUT2D eigenvalue weighted by molar-refractivity contribution is -0.113. The predicted molar refractivity (Wildman–Crippen MR) is 94.3 cm³/mol. The van der Waals surface area contributed by atoms with Crippen LogP contribution >= 0.6 is 23.3 Å². The molecule has 3 rings (SSSR count). The zero-order valence-corrected chi connectivity index (χ0v) is 14.9. The highest BCUT2D eigenvalue weighted by Crippen LogP contribution is 2.24. The molecule has 0 aliphatic heterocycles. The van der Waals surface area contributed by atoms with E-state index < -0.39 is 21.5 Å². The van der Waals surface area contributed by atoms with Gasteiger partial charge in [-0.1, -0.05) is 23.7 Å². The average Bonchev–Trinajstić information content (AvgIpc) is 2.99. The third kappa shape index (κ3) is 3.26. The number of sulfone groups is 1. The molecule has 9 heteroatoms. The maximum Gasteiger partial charge on any atom is 0.239 e. The van der Waals surface area contributed by atoms with Crippen LogP contribution in [-0.4, -0.2) is 28.8 Å². The Morgan fingerprint density at radius 2 is 1.96 bits per heavy atom. The fraction of sp³-hybridized carbons (Fsp3) is 0.133. The lowest BCUT2D eigenvalue weighted by atomic mass is 10.2. The summed E-state index contributed by atoms with van der Waals surface area (Å²) in [7, 11) is -3.84. The van der Waals surface area contributed by atoms with E-state index in [4.69, 9.17) is 11.6 Å². The largest absolute Gasteiger partial charge is 0.325 e. The van der Waals surface area contributed by atoms with E-state index in [9.17, 15) is 13.2 Å². The lowest BCUT2D eigenvalue weighted by Crippen LogP contribution is -2.23. The molecule has 6 nitrogen and oxygen atoms in total. The molecule has 2 aromatic carbocycles. The fourth-order valence-electron chi connectivity index (χ4n) is 2.21. The molecule has 1 heterocycles. The van der Waals surface area contributed by atoms with E-state index in [0.717, 1.165) is 11.7 Å². The SMILES string of the molecule is Cc1c(Cl)cccc1NC(=O)CS(=O)(=O)c1cccc2nsnc12. The second kappa shape index (κ2) is 6.46. The van der Waals surface area contributed by atoms with Crippen LogP contribution in [0, 0.1) is 6.92 Å². The van der Waals surface area contributed by atoms with E-state index in [1.54, 1.807) is 37.3 Å². The van der Waals surface area contributed by atoms with Crippen LogP contribution in [0.5, 0.6) is 0 Å². The van der Waals surface area contributed by atoms with Crippen LogP contribution in [0.4, 0.5) is 5.69 Å². The number of halogens is 1. The minimum absolute atomic E-state index is 0.00622. The van der Waals surface area contributed by atoms with Crippen molar-refractivity contribution in [2.24, 2.45) is 0 Å². The highest BCUT2D eigenvalue weighted by atomic mass is 35.5. The summed E-state index contributed by atoms with van der Waals surface area (Å²) in [5, 5.41) is 3.08. The van der Waals surface area contributed by atoms with Gasteiger partial charge in [-0.3, -0.25) is 4.79 Å². The molecule has 124 valence electrons. The Balaban J connectivity index is 1.85. The van der Waals surface area contributed by atoms with Gasteiger partial charge < -0.3 is 5.32 Å². The van der Waals surface area contributed by atoms with Gasteiger partial charge in [0, 0.05) is 10.7 Å². The molecule has 0 radical (unpaired) electrons. The summed E-state index contributed by atoms with van der Waals surface area (Å²) >= 11 is 6.92. The van der Waals surface area contributed by atoms with Crippen molar-refractivity contribution in [2.45, 2.75) is 11.8 Å². The highest BCUT2D eigenvalue weighted by Gasteiger charge is 2.23. The van der Waals surface area contributed by atoms with E-state index in [1.807, 2.05) is 0 Å². The predicted octanol–water partition coefficient (Wildman–Crippen LogP) is 3.07. The number of aromatic nitrogens is 2. The summed E-state index contributed by atoms with van der Waals surface area (Å²) in [6, 6.07) is 9.72. The number of rotatable bonds is 4. The molecule has 1 amide bonds. The normalized spacial score (nSPS) is 11.6. The molecular weight excluding hydrogens is 370 g/mol. The quantitative estimate of drug-likeness (QED) is 0.750. The Morgan fingerprint density at radius 1 is 1.21 bits per heavy atom. The van der Waals surface area contributed by atoms with Gasteiger partial charge in [-0.2, -0.15) is 8.75 Å². The smallest absolute Gasteiger partial charge is 0.239 e. The van der Waals surface area contributed by atoms with Crippen LogP contribution in [0.15, 0.2) is 41.3 Å². The first-order chi connectivity index (χ1) is 11.4. The van der Waals surface area contributed by atoms with Gasteiger partial charge in [-0.15, -0.1) is 0 Å². The van der Waals surface area contributed by atoms with E-state index >= 15 is 0 Å². The Kier molecular flexibility index (Phi) is 4.53. The maximum atomic E-state index is 12.5. The molecule has 24 heavy (non-hydrogen) atoms. The molecule has 1 N–H and O–H groups in total. The number of amides is 1. The van der Waals surface area contributed by atoms with Crippen molar-refractivity contribution < 1.29 is 13.2 Å². The molecular formula is C15H12ClN3O3S2. The number of nitrogens with zero attached hydrogens (tertiary/aromatic N) is 2. The highest BCUT2D eigenvalue weighted by molar-refractivity contribution is 7.92. The van der Waals surface area contributed by atoms with Gasteiger partial charge in [0.15, 0.2) is 9.84 Å². The Labute approximate surface area is 147 Å². The number of hydrogen-bond acceptors (Lipinski definition) is 6. The third-order valence-electron chi connectivity index (χ3n) is 3.45. The first kappa shape index (κ1) is 16.8. The Bertz CT molecular complexity index is 1030. The Hall–Kier alpha value is -2.03. The minimum Gasteiger partial charge on any atom is -0.325 e. The first-order valence-electron chi connectivity index (χ1n) is 6.87. The van der Waals surface area contributed by atoms with Gasteiger partial charge in [0.2, 0.25) is 5.91 Å². The number of hydrogen-bond donors (Lipinski definition) is 1. The summed E-state index contributed by atoms with van der Waals surface area (Å²) in [6.07, 6.45) is 0. The second-order valence-corrected chi connectivity index (χ2v) is 8.00. The number of benzene rings is 2. The van der Waals surface area contributed by atoms with Gasteiger partial charge in [0.05, 0.1) is 16.6 Å². The molecule has 3 aromatic rings. The molecule has 0 aliphatic carbocycles. The molecule has 0 atom stereocenters. The fourth-order valence-corrected chi connectivity index (χ4v) is 4.30. The average molecular weight is 382 g/mol. The Morgan fingerprint density at radius 3 is 2.75 bits per heavy atom. The second-order valence-electron chi connectivity index (χ2n) is 5.11. The third-order valence-corrected chi connectivity index (χ3v) is 6.04.